The maximum absolute atomic E-state index is 4.23. The zero-order valence-corrected chi connectivity index (χ0v) is 7.49. The molecule has 0 N–H and O–H groups in total. The van der Waals surface area contributed by atoms with Gasteiger partial charge in [-0.05, 0) is 19.1 Å². The van der Waals surface area contributed by atoms with E-state index in [2.05, 4.69) is 30.1 Å². The Bertz CT molecular complexity index is 393. The third-order valence-corrected chi connectivity index (χ3v) is 1.90. The highest BCUT2D eigenvalue weighted by atomic mass is 14.7. The molecule has 2 aromatic rings. The molecule has 1 aromatic heterocycles. The van der Waals surface area contributed by atoms with Crippen LogP contribution in [0.1, 0.15) is 5.56 Å². The second kappa shape index (κ2) is 3.40. The summed E-state index contributed by atoms with van der Waals surface area (Å²) < 4.78 is 0. The van der Waals surface area contributed by atoms with Crippen LogP contribution in [0.4, 0.5) is 0 Å². The number of hydrogen-bond acceptors (Lipinski definition) is 1. The number of rotatable bonds is 1. The summed E-state index contributed by atoms with van der Waals surface area (Å²) in [5.41, 5.74) is 3.28. The van der Waals surface area contributed by atoms with Crippen LogP contribution in [-0.4, -0.2) is 4.98 Å². The molecule has 0 saturated heterocycles. The fraction of sp³-hybridized carbons (Fsp3) is 0.0833. The second-order valence-corrected chi connectivity index (χ2v) is 3.00. The third-order valence-electron chi connectivity index (χ3n) is 1.90. The van der Waals surface area contributed by atoms with Crippen molar-refractivity contribution in [1.82, 2.24) is 4.98 Å². The standard InChI is InChI=1S/C12H10N/c1-10-5-4-6-11(9-10)12-7-2-3-8-13-12/h2-6,8-9H,1H3. The minimum atomic E-state index is 0.909. The molecule has 0 bridgehead atoms. The monoisotopic (exact) mass is 168 g/mol. The predicted molar refractivity (Wildman–Crippen MR) is 53.2 cm³/mol. The van der Waals surface area contributed by atoms with Gasteiger partial charge < -0.3 is 0 Å². The largest absolute Gasteiger partial charge is 0.256 e. The van der Waals surface area contributed by atoms with Crippen molar-refractivity contribution in [3.63, 3.8) is 0 Å². The number of pyridine rings is 1. The summed E-state index contributed by atoms with van der Waals surface area (Å²) in [6, 6.07) is 15.1. The minimum absolute atomic E-state index is 0.909. The van der Waals surface area contributed by atoms with E-state index in [9.17, 15) is 0 Å². The Balaban J connectivity index is 2.48. The van der Waals surface area contributed by atoms with Gasteiger partial charge >= 0.3 is 0 Å². The third kappa shape index (κ3) is 1.75. The van der Waals surface area contributed by atoms with Crippen LogP contribution in [0.2, 0.25) is 0 Å². The van der Waals surface area contributed by atoms with E-state index < -0.39 is 0 Å². The fourth-order valence-corrected chi connectivity index (χ4v) is 1.28. The van der Waals surface area contributed by atoms with Crippen molar-refractivity contribution in [2.24, 2.45) is 0 Å². The van der Waals surface area contributed by atoms with E-state index in [1.807, 2.05) is 24.3 Å². The van der Waals surface area contributed by atoms with E-state index in [1.165, 1.54) is 5.56 Å². The molecule has 63 valence electrons. The van der Waals surface area contributed by atoms with Crippen LogP contribution in [0.25, 0.3) is 11.3 Å². The topological polar surface area (TPSA) is 12.9 Å². The Morgan fingerprint density at radius 3 is 2.85 bits per heavy atom. The molecule has 0 unspecified atom stereocenters. The van der Waals surface area contributed by atoms with Gasteiger partial charge in [0.15, 0.2) is 0 Å². The van der Waals surface area contributed by atoms with Crippen molar-refractivity contribution in [3.05, 3.63) is 54.2 Å². The van der Waals surface area contributed by atoms with Gasteiger partial charge in [0.2, 0.25) is 0 Å². The van der Waals surface area contributed by atoms with Crippen LogP contribution in [0.5, 0.6) is 0 Å². The average Bonchev–Trinajstić information content (AvgIpc) is 2.19. The van der Waals surface area contributed by atoms with Crippen LogP contribution in [0.15, 0.2) is 42.6 Å². The average molecular weight is 168 g/mol. The SMILES string of the molecule is Cc1cccc(-c2[c]cccn2)c1. The molecule has 0 aliphatic carbocycles. The lowest BCUT2D eigenvalue weighted by Gasteiger charge is -1.99. The van der Waals surface area contributed by atoms with Gasteiger partial charge in [-0.2, -0.15) is 0 Å². The number of hydrogen-bond donors (Lipinski definition) is 0. The lowest BCUT2D eigenvalue weighted by Crippen LogP contribution is -1.82. The highest BCUT2D eigenvalue weighted by Gasteiger charge is 1.96. The van der Waals surface area contributed by atoms with E-state index in [0.717, 1.165) is 11.3 Å². The first-order chi connectivity index (χ1) is 6.36. The van der Waals surface area contributed by atoms with Crippen molar-refractivity contribution in [2.45, 2.75) is 6.92 Å². The molecule has 1 heteroatoms. The van der Waals surface area contributed by atoms with E-state index in [4.69, 9.17) is 0 Å². The molecule has 13 heavy (non-hydrogen) atoms. The normalized spacial score (nSPS) is 9.92. The Hall–Kier alpha value is -1.63. The number of nitrogens with zero attached hydrogens (tertiary/aromatic N) is 1. The number of aryl methyl sites for hydroxylation is 1. The zero-order valence-electron chi connectivity index (χ0n) is 7.49. The molecule has 0 aliphatic heterocycles. The van der Waals surface area contributed by atoms with Gasteiger partial charge in [0.25, 0.3) is 0 Å². The van der Waals surface area contributed by atoms with Crippen molar-refractivity contribution in [2.75, 3.05) is 0 Å². The van der Waals surface area contributed by atoms with Crippen molar-refractivity contribution in [3.8, 4) is 11.3 Å². The molecule has 0 spiro atoms. The lowest BCUT2D eigenvalue weighted by molar-refractivity contribution is 1.31. The summed E-state index contributed by atoms with van der Waals surface area (Å²) >= 11 is 0. The van der Waals surface area contributed by atoms with Gasteiger partial charge in [0, 0.05) is 17.8 Å². The Morgan fingerprint density at radius 2 is 2.15 bits per heavy atom. The van der Waals surface area contributed by atoms with E-state index >= 15 is 0 Å². The van der Waals surface area contributed by atoms with Gasteiger partial charge in [0.1, 0.15) is 0 Å². The number of aromatic nitrogens is 1. The first-order valence-electron chi connectivity index (χ1n) is 4.26. The Labute approximate surface area is 78.1 Å². The van der Waals surface area contributed by atoms with E-state index in [0.29, 0.717) is 0 Å². The molecule has 0 amide bonds. The minimum Gasteiger partial charge on any atom is -0.256 e. The fourth-order valence-electron chi connectivity index (χ4n) is 1.28. The second-order valence-electron chi connectivity index (χ2n) is 3.00. The molecule has 1 heterocycles. The summed E-state index contributed by atoms with van der Waals surface area (Å²) in [6.07, 6.45) is 1.79. The predicted octanol–water partition coefficient (Wildman–Crippen LogP) is 2.86. The summed E-state index contributed by atoms with van der Waals surface area (Å²) in [5, 5.41) is 0. The van der Waals surface area contributed by atoms with Crippen LogP contribution in [0, 0.1) is 13.0 Å². The molecular formula is C12H10N. The highest BCUT2D eigenvalue weighted by Crippen LogP contribution is 2.16. The summed E-state index contributed by atoms with van der Waals surface area (Å²) in [5.74, 6) is 0. The van der Waals surface area contributed by atoms with Gasteiger partial charge in [-0.25, -0.2) is 0 Å². The summed E-state index contributed by atoms with van der Waals surface area (Å²) in [4.78, 5) is 4.23. The molecule has 0 aliphatic rings. The van der Waals surface area contributed by atoms with Gasteiger partial charge in [-0.3, -0.25) is 4.98 Å². The van der Waals surface area contributed by atoms with Gasteiger partial charge in [-0.1, -0.05) is 29.8 Å². The lowest BCUT2D eigenvalue weighted by atomic mass is 10.1. The smallest absolute Gasteiger partial charge is 0.0781 e. The molecule has 0 atom stereocenters. The van der Waals surface area contributed by atoms with Gasteiger partial charge in [0.05, 0.1) is 5.69 Å². The van der Waals surface area contributed by atoms with Crippen LogP contribution >= 0.6 is 0 Å². The molecular weight excluding hydrogens is 158 g/mol. The molecule has 2 rings (SSSR count). The highest BCUT2D eigenvalue weighted by molar-refractivity contribution is 5.58. The summed E-state index contributed by atoms with van der Waals surface area (Å²) in [7, 11) is 0. The maximum atomic E-state index is 4.23. The van der Waals surface area contributed by atoms with Crippen molar-refractivity contribution >= 4 is 0 Å². The quantitative estimate of drug-likeness (QED) is 0.638. The van der Waals surface area contributed by atoms with Crippen molar-refractivity contribution < 1.29 is 0 Å². The Kier molecular flexibility index (Phi) is 2.09. The van der Waals surface area contributed by atoms with E-state index in [1.54, 1.807) is 6.20 Å². The zero-order chi connectivity index (χ0) is 9.10. The maximum Gasteiger partial charge on any atom is 0.0781 e. The summed E-state index contributed by atoms with van der Waals surface area (Å²) in [6.45, 7) is 2.08. The number of benzene rings is 1. The molecule has 0 saturated carbocycles. The molecule has 1 radical (unpaired) electrons. The van der Waals surface area contributed by atoms with Crippen LogP contribution in [0.3, 0.4) is 0 Å². The molecule has 0 fully saturated rings. The van der Waals surface area contributed by atoms with Gasteiger partial charge in [-0.15, -0.1) is 0 Å². The molecule has 1 aromatic carbocycles. The first-order valence-corrected chi connectivity index (χ1v) is 4.26. The van der Waals surface area contributed by atoms with Crippen LogP contribution < -0.4 is 0 Å². The Morgan fingerprint density at radius 1 is 1.23 bits per heavy atom. The molecule has 1 nitrogen and oxygen atoms in total. The first kappa shape index (κ1) is 7.99. The van der Waals surface area contributed by atoms with Crippen molar-refractivity contribution in [1.29, 1.82) is 0 Å². The van der Waals surface area contributed by atoms with E-state index in [-0.39, 0.29) is 0 Å². The van der Waals surface area contributed by atoms with Crippen LogP contribution in [-0.2, 0) is 0 Å².